The molecule has 0 heterocycles. The molecule has 0 aliphatic heterocycles. The third kappa shape index (κ3) is 4.68. The molecule has 8 heteroatoms. The largest absolute Gasteiger partial charge is 0.497 e. The second kappa shape index (κ2) is 6.66. The van der Waals surface area contributed by atoms with Crippen molar-refractivity contribution in [1.29, 1.82) is 0 Å². The average molecular weight is 338 g/mol. The molecule has 2 rings (SSSR count). The highest BCUT2D eigenvalue weighted by Crippen LogP contribution is 2.21. The Labute approximate surface area is 133 Å². The summed E-state index contributed by atoms with van der Waals surface area (Å²) < 4.78 is 43.0. The Hall–Kier alpha value is -2.61. The molecule has 0 saturated heterocycles. The molecular weight excluding hydrogens is 323 g/mol. The highest BCUT2D eigenvalue weighted by atomic mass is 32.2. The Kier molecular flexibility index (Phi) is 4.85. The number of benzene rings is 2. The number of ether oxygens (including phenoxy) is 1. The van der Waals surface area contributed by atoms with Crippen molar-refractivity contribution in [3.8, 4) is 5.75 Å². The molecule has 23 heavy (non-hydrogen) atoms. The molecule has 0 aliphatic carbocycles. The van der Waals surface area contributed by atoms with Crippen LogP contribution < -0.4 is 14.8 Å². The molecule has 0 bridgehead atoms. The molecule has 0 unspecified atom stereocenters. The molecular formula is C15H15FN2O4S. The van der Waals surface area contributed by atoms with Gasteiger partial charge in [0, 0.05) is 11.3 Å². The number of sulfonamides is 1. The fourth-order valence-electron chi connectivity index (χ4n) is 1.83. The van der Waals surface area contributed by atoms with Crippen LogP contribution in [0.25, 0.3) is 0 Å². The zero-order chi connectivity index (χ0) is 17.0. The quantitative estimate of drug-likeness (QED) is 0.877. The van der Waals surface area contributed by atoms with Crippen molar-refractivity contribution in [3.63, 3.8) is 0 Å². The van der Waals surface area contributed by atoms with Crippen LogP contribution in [0.4, 0.5) is 15.8 Å². The minimum Gasteiger partial charge on any atom is -0.497 e. The van der Waals surface area contributed by atoms with Gasteiger partial charge in [-0.15, -0.1) is 0 Å². The van der Waals surface area contributed by atoms with Gasteiger partial charge < -0.3 is 10.1 Å². The predicted octanol–water partition coefficient (Wildman–Crippen LogP) is 2.46. The first-order chi connectivity index (χ1) is 10.8. The smallest absolute Gasteiger partial charge is 0.255 e. The van der Waals surface area contributed by atoms with Crippen LogP contribution in [0.5, 0.6) is 5.75 Å². The second-order valence-electron chi connectivity index (χ2n) is 4.75. The van der Waals surface area contributed by atoms with Crippen molar-refractivity contribution in [3.05, 3.63) is 53.8 Å². The van der Waals surface area contributed by atoms with Crippen LogP contribution in [-0.4, -0.2) is 27.7 Å². The summed E-state index contributed by atoms with van der Waals surface area (Å²) in [5, 5.41) is 2.57. The maximum absolute atomic E-state index is 13.6. The van der Waals surface area contributed by atoms with E-state index in [1.54, 1.807) is 24.3 Å². The normalized spacial score (nSPS) is 10.9. The Morgan fingerprint density at radius 1 is 1.13 bits per heavy atom. The highest BCUT2D eigenvalue weighted by Gasteiger charge is 2.11. The molecule has 0 radical (unpaired) electrons. The molecule has 2 aromatic rings. The van der Waals surface area contributed by atoms with Crippen LogP contribution in [0.2, 0.25) is 0 Å². The molecule has 0 fully saturated rings. The summed E-state index contributed by atoms with van der Waals surface area (Å²) in [4.78, 5) is 12.1. The monoisotopic (exact) mass is 338 g/mol. The number of halogens is 1. The van der Waals surface area contributed by atoms with Gasteiger partial charge in [0.2, 0.25) is 10.0 Å². The van der Waals surface area contributed by atoms with Crippen molar-refractivity contribution in [1.82, 2.24) is 0 Å². The Balaban J connectivity index is 2.18. The molecule has 6 nitrogen and oxygen atoms in total. The number of nitrogens with one attached hydrogen (secondary N) is 2. The minimum atomic E-state index is -3.62. The van der Waals surface area contributed by atoms with Crippen LogP contribution in [-0.2, 0) is 10.0 Å². The van der Waals surface area contributed by atoms with Gasteiger partial charge in [-0.3, -0.25) is 9.52 Å². The molecule has 0 aromatic heterocycles. The molecule has 2 aromatic carbocycles. The number of carbonyl (C=O) groups is 1. The van der Waals surface area contributed by atoms with Gasteiger partial charge in [-0.2, -0.15) is 0 Å². The predicted molar refractivity (Wildman–Crippen MR) is 85.8 cm³/mol. The van der Waals surface area contributed by atoms with E-state index in [0.717, 1.165) is 12.3 Å². The third-order valence-electron chi connectivity index (χ3n) is 2.87. The van der Waals surface area contributed by atoms with Gasteiger partial charge in [-0.1, -0.05) is 0 Å². The summed E-state index contributed by atoms with van der Waals surface area (Å²) in [5.41, 5.74) is 0.408. The summed E-state index contributed by atoms with van der Waals surface area (Å²) in [6.07, 6.45) is 0.912. The van der Waals surface area contributed by atoms with E-state index in [4.69, 9.17) is 4.74 Å². The summed E-state index contributed by atoms with van der Waals surface area (Å²) in [7, 11) is -2.10. The first kappa shape index (κ1) is 16.8. The third-order valence-corrected chi connectivity index (χ3v) is 3.46. The summed E-state index contributed by atoms with van der Waals surface area (Å²) in [6.45, 7) is 0. The van der Waals surface area contributed by atoms with Gasteiger partial charge in [0.1, 0.15) is 11.6 Å². The van der Waals surface area contributed by atoms with E-state index < -0.39 is 21.7 Å². The first-order valence-electron chi connectivity index (χ1n) is 6.51. The van der Waals surface area contributed by atoms with Crippen molar-refractivity contribution in [2.45, 2.75) is 0 Å². The number of hydrogen-bond acceptors (Lipinski definition) is 4. The Morgan fingerprint density at radius 2 is 1.78 bits per heavy atom. The number of methoxy groups -OCH3 is 1. The van der Waals surface area contributed by atoms with Gasteiger partial charge in [-0.25, -0.2) is 12.8 Å². The lowest BCUT2D eigenvalue weighted by molar-refractivity contribution is 0.102. The van der Waals surface area contributed by atoms with E-state index in [9.17, 15) is 17.6 Å². The van der Waals surface area contributed by atoms with Crippen molar-refractivity contribution >= 4 is 27.3 Å². The molecule has 0 saturated carbocycles. The van der Waals surface area contributed by atoms with Gasteiger partial charge in [0.15, 0.2) is 0 Å². The highest BCUT2D eigenvalue weighted by molar-refractivity contribution is 7.92. The van der Waals surface area contributed by atoms with E-state index in [2.05, 4.69) is 5.32 Å². The van der Waals surface area contributed by atoms with E-state index in [1.807, 2.05) is 4.72 Å². The Bertz CT molecular complexity index is 820. The van der Waals surface area contributed by atoms with E-state index in [0.29, 0.717) is 11.3 Å². The SMILES string of the molecule is COc1ccc(C(=O)Nc2ccc(F)c(NS(C)(=O)=O)c2)cc1. The molecule has 2 N–H and O–H groups in total. The average Bonchev–Trinajstić information content (AvgIpc) is 2.49. The number of rotatable bonds is 5. The van der Waals surface area contributed by atoms with Crippen LogP contribution in [0.3, 0.4) is 0 Å². The maximum atomic E-state index is 13.6. The fraction of sp³-hybridized carbons (Fsp3) is 0.133. The van der Waals surface area contributed by atoms with Crippen LogP contribution in [0.1, 0.15) is 10.4 Å². The lowest BCUT2D eigenvalue weighted by atomic mass is 10.2. The van der Waals surface area contributed by atoms with E-state index >= 15 is 0 Å². The standard InChI is InChI=1S/C15H15FN2O4S/c1-22-12-6-3-10(4-7-12)15(19)17-11-5-8-13(16)14(9-11)18-23(2,20)21/h3-9,18H,1-2H3,(H,17,19). The molecule has 0 aliphatic rings. The van der Waals surface area contributed by atoms with Crippen molar-refractivity contribution in [2.24, 2.45) is 0 Å². The number of amides is 1. The zero-order valence-corrected chi connectivity index (χ0v) is 13.3. The fourth-order valence-corrected chi connectivity index (χ4v) is 2.38. The summed E-state index contributed by atoms with van der Waals surface area (Å²) >= 11 is 0. The summed E-state index contributed by atoms with van der Waals surface area (Å²) in [6, 6.07) is 10.0. The molecule has 0 atom stereocenters. The number of carbonyl (C=O) groups excluding carboxylic acids is 1. The lowest BCUT2D eigenvalue weighted by Crippen LogP contribution is -2.14. The van der Waals surface area contributed by atoms with Gasteiger partial charge >= 0.3 is 0 Å². The van der Waals surface area contributed by atoms with Crippen LogP contribution >= 0.6 is 0 Å². The second-order valence-corrected chi connectivity index (χ2v) is 6.50. The molecule has 0 spiro atoms. The van der Waals surface area contributed by atoms with E-state index in [-0.39, 0.29) is 11.4 Å². The van der Waals surface area contributed by atoms with Gasteiger partial charge in [0.25, 0.3) is 5.91 Å². The Morgan fingerprint density at radius 3 is 2.35 bits per heavy atom. The number of hydrogen-bond donors (Lipinski definition) is 2. The molecule has 122 valence electrons. The first-order valence-corrected chi connectivity index (χ1v) is 8.40. The van der Waals surface area contributed by atoms with Gasteiger partial charge in [0.05, 0.1) is 19.1 Å². The van der Waals surface area contributed by atoms with E-state index in [1.165, 1.54) is 19.2 Å². The lowest BCUT2D eigenvalue weighted by Gasteiger charge is -2.10. The van der Waals surface area contributed by atoms with Crippen molar-refractivity contribution in [2.75, 3.05) is 23.4 Å². The van der Waals surface area contributed by atoms with Crippen LogP contribution in [0, 0.1) is 5.82 Å². The van der Waals surface area contributed by atoms with Gasteiger partial charge in [-0.05, 0) is 42.5 Å². The summed E-state index contributed by atoms with van der Waals surface area (Å²) in [5.74, 6) is -0.537. The molecule has 1 amide bonds. The topological polar surface area (TPSA) is 84.5 Å². The number of anilines is 2. The minimum absolute atomic E-state index is 0.236. The zero-order valence-electron chi connectivity index (χ0n) is 12.5. The maximum Gasteiger partial charge on any atom is 0.255 e. The van der Waals surface area contributed by atoms with Crippen LogP contribution in [0.15, 0.2) is 42.5 Å². The van der Waals surface area contributed by atoms with Crippen molar-refractivity contribution < 1.29 is 22.3 Å².